The van der Waals surface area contributed by atoms with E-state index in [4.69, 9.17) is 9.47 Å². The first-order valence-electron chi connectivity index (χ1n) is 9.91. The van der Waals surface area contributed by atoms with Crippen LogP contribution in [0, 0.1) is 0 Å². The molecule has 1 fully saturated rings. The molecule has 1 aromatic carbocycles. The van der Waals surface area contributed by atoms with Crippen molar-refractivity contribution in [1.29, 1.82) is 0 Å². The maximum atomic E-state index is 12.8. The average molecular weight is 440 g/mol. The number of cyclic esters (lactones) is 1. The number of epoxide rings is 1. The first-order valence-corrected chi connectivity index (χ1v) is 9.91. The van der Waals surface area contributed by atoms with E-state index in [1.54, 1.807) is 42.5 Å². The van der Waals surface area contributed by atoms with Crippen molar-refractivity contribution in [3.05, 3.63) is 72.0 Å². The van der Waals surface area contributed by atoms with E-state index >= 15 is 0 Å². The van der Waals surface area contributed by atoms with E-state index in [-0.39, 0.29) is 23.8 Å². The Morgan fingerprint density at radius 3 is 3.00 bits per heavy atom. The van der Waals surface area contributed by atoms with Gasteiger partial charge in [0, 0.05) is 18.7 Å². The van der Waals surface area contributed by atoms with Crippen molar-refractivity contribution in [2.45, 2.75) is 30.8 Å². The Hall–Kier alpha value is -3.69. The van der Waals surface area contributed by atoms with Crippen LogP contribution in [0.15, 0.2) is 66.0 Å². The van der Waals surface area contributed by atoms with Crippen LogP contribution >= 0.6 is 0 Å². The van der Waals surface area contributed by atoms with Gasteiger partial charge in [-0.15, -0.1) is 0 Å². The molecule has 0 aromatic heterocycles. The van der Waals surface area contributed by atoms with Crippen LogP contribution in [0.25, 0.3) is 6.08 Å². The van der Waals surface area contributed by atoms with Crippen molar-refractivity contribution < 1.29 is 34.1 Å². The van der Waals surface area contributed by atoms with Gasteiger partial charge in [-0.05, 0) is 17.7 Å². The number of fused-ring (bicyclic) bond motifs is 2. The van der Waals surface area contributed by atoms with Crippen LogP contribution in [0.2, 0.25) is 0 Å². The first-order chi connectivity index (χ1) is 15.5. The molecular formula is C23H24N2O7. The topological polar surface area (TPSA) is 130 Å². The molecule has 1 aromatic rings. The van der Waals surface area contributed by atoms with E-state index in [0.29, 0.717) is 5.56 Å². The molecular weight excluding hydrogens is 416 g/mol. The lowest BCUT2D eigenvalue weighted by Gasteiger charge is -2.22. The largest absolute Gasteiger partial charge is 0.507 e. The van der Waals surface area contributed by atoms with E-state index in [1.807, 2.05) is 0 Å². The van der Waals surface area contributed by atoms with Gasteiger partial charge in [0.15, 0.2) is 0 Å². The molecule has 0 aliphatic carbocycles. The summed E-state index contributed by atoms with van der Waals surface area (Å²) in [4.78, 5) is 29.0. The van der Waals surface area contributed by atoms with Crippen LogP contribution in [-0.2, 0) is 19.1 Å². The van der Waals surface area contributed by atoms with Crippen LogP contribution in [0.1, 0.15) is 22.3 Å². The third-order valence-electron chi connectivity index (χ3n) is 4.72. The highest BCUT2D eigenvalue weighted by Crippen LogP contribution is 2.32. The summed E-state index contributed by atoms with van der Waals surface area (Å²) in [5, 5.41) is 26.9. The summed E-state index contributed by atoms with van der Waals surface area (Å²) in [5.74, 6) is -1.40. The first kappa shape index (κ1) is 23.0. The summed E-state index contributed by atoms with van der Waals surface area (Å²) >= 11 is 0. The molecule has 1 saturated heterocycles. The van der Waals surface area contributed by atoms with Crippen molar-refractivity contribution in [3.63, 3.8) is 0 Å². The smallest absolute Gasteiger partial charge is 0.342 e. The summed E-state index contributed by atoms with van der Waals surface area (Å²) in [6, 6.07) is 4.69. The van der Waals surface area contributed by atoms with Crippen molar-refractivity contribution in [1.82, 2.24) is 5.32 Å². The molecule has 9 nitrogen and oxygen atoms in total. The van der Waals surface area contributed by atoms with E-state index in [9.17, 15) is 19.8 Å². The highest BCUT2D eigenvalue weighted by Gasteiger charge is 2.46. The number of oxime groups is 1. The number of esters is 1. The number of amides is 1. The number of rotatable bonds is 6. The normalized spacial score (nSPS) is 27.1. The fraction of sp³-hybridized carbons (Fsp3) is 0.261. The Labute approximate surface area is 185 Å². The number of carbonyl (C=O) groups excluding carboxylic acids is 2. The summed E-state index contributed by atoms with van der Waals surface area (Å²) < 4.78 is 11.0. The van der Waals surface area contributed by atoms with Gasteiger partial charge in [0.1, 0.15) is 42.8 Å². The van der Waals surface area contributed by atoms with Gasteiger partial charge in [0.2, 0.25) is 5.91 Å². The summed E-state index contributed by atoms with van der Waals surface area (Å²) in [6.45, 7) is 0. The van der Waals surface area contributed by atoms with Crippen LogP contribution in [0.4, 0.5) is 0 Å². The second-order valence-corrected chi connectivity index (χ2v) is 6.93. The number of carbonyl (C=O) groups is 2. The van der Waals surface area contributed by atoms with Gasteiger partial charge in [-0.2, -0.15) is 0 Å². The molecule has 168 valence electrons. The fourth-order valence-corrected chi connectivity index (χ4v) is 3.10. The maximum Gasteiger partial charge on any atom is 0.342 e. The average Bonchev–Trinajstić information content (AvgIpc) is 3.54. The fourth-order valence-electron chi connectivity index (χ4n) is 3.10. The van der Waals surface area contributed by atoms with Gasteiger partial charge in [-0.25, -0.2) is 4.79 Å². The SMILES string of the molecule is CO/N=C/C=C\C(=O)N/C=C\C[C@@H]1OC(=O)c2c(O)cccc2/C=C/C=C\[C@H]2O[C@H]2[C@@H]1O. The maximum absolute atomic E-state index is 12.8. The summed E-state index contributed by atoms with van der Waals surface area (Å²) in [5.41, 5.74) is 0.483. The minimum absolute atomic E-state index is 0.00308. The lowest BCUT2D eigenvalue weighted by molar-refractivity contribution is -0.115. The highest BCUT2D eigenvalue weighted by atomic mass is 16.6. The number of aliphatic hydroxyl groups excluding tert-OH is 1. The molecule has 3 rings (SSSR count). The number of ether oxygens (including phenoxy) is 2. The van der Waals surface area contributed by atoms with Crippen LogP contribution in [0.5, 0.6) is 5.75 Å². The Bertz CT molecular complexity index is 981. The van der Waals surface area contributed by atoms with Gasteiger partial charge >= 0.3 is 5.97 Å². The number of benzene rings is 1. The number of nitrogens with one attached hydrogen (secondary N) is 1. The number of allylic oxidation sites excluding steroid dienone is 3. The summed E-state index contributed by atoms with van der Waals surface area (Å²) in [7, 11) is 1.39. The van der Waals surface area contributed by atoms with Crippen molar-refractivity contribution >= 4 is 24.2 Å². The predicted octanol–water partition coefficient (Wildman–Crippen LogP) is 1.84. The molecule has 2 aliphatic heterocycles. The third kappa shape index (κ3) is 6.16. The molecule has 4 atom stereocenters. The van der Waals surface area contributed by atoms with E-state index in [2.05, 4.69) is 15.3 Å². The van der Waals surface area contributed by atoms with Gasteiger partial charge in [-0.3, -0.25) is 4.79 Å². The van der Waals surface area contributed by atoms with Crippen LogP contribution in [-0.4, -0.2) is 59.8 Å². The van der Waals surface area contributed by atoms with E-state index in [0.717, 1.165) is 0 Å². The van der Waals surface area contributed by atoms with Crippen LogP contribution < -0.4 is 5.32 Å². The molecule has 2 aliphatic rings. The quantitative estimate of drug-likeness (QED) is 0.202. The second-order valence-electron chi connectivity index (χ2n) is 6.93. The lowest BCUT2D eigenvalue weighted by atomic mass is 10.0. The van der Waals surface area contributed by atoms with Gasteiger partial charge in [0.25, 0.3) is 0 Å². The second kappa shape index (κ2) is 11.1. The molecule has 32 heavy (non-hydrogen) atoms. The number of hydrogen-bond donors (Lipinski definition) is 3. The standard InChI is InChI=1S/C23H24N2O7/c1-30-25-14-6-12-19(27)24-13-5-11-17-21(28)22-18(31-22)10-3-2-7-15-8-4-9-16(26)20(15)23(29)32-17/h2-10,12-14,17-18,21-22,26,28H,11H2,1H3,(H,24,27)/b7-2+,10-3-,12-6-,13-5-,25-14+/t17-,18+,21+,22+/m0/s1. The summed E-state index contributed by atoms with van der Waals surface area (Å²) in [6.07, 6.45) is 11.1. The molecule has 2 heterocycles. The molecule has 1 amide bonds. The Morgan fingerprint density at radius 2 is 2.19 bits per heavy atom. The van der Waals surface area contributed by atoms with E-state index in [1.165, 1.54) is 37.7 Å². The zero-order valence-electron chi connectivity index (χ0n) is 17.3. The number of aliphatic hydroxyl groups is 1. The number of aromatic hydroxyl groups is 1. The van der Waals surface area contributed by atoms with Gasteiger partial charge in [0.05, 0.1) is 6.21 Å². The molecule has 0 radical (unpaired) electrons. The predicted molar refractivity (Wildman–Crippen MR) is 117 cm³/mol. The number of phenolic OH excluding ortho intramolecular Hbond substituents is 1. The number of phenols is 1. The Balaban J connectivity index is 1.72. The molecule has 9 heteroatoms. The Morgan fingerprint density at radius 1 is 1.34 bits per heavy atom. The molecule has 0 bridgehead atoms. The Kier molecular flexibility index (Phi) is 7.96. The van der Waals surface area contributed by atoms with Gasteiger partial charge in [-0.1, -0.05) is 47.7 Å². The zero-order chi connectivity index (χ0) is 22.9. The molecule has 0 unspecified atom stereocenters. The van der Waals surface area contributed by atoms with Crippen LogP contribution in [0.3, 0.4) is 0 Å². The molecule has 0 saturated carbocycles. The molecule has 3 N–H and O–H groups in total. The van der Waals surface area contributed by atoms with E-state index < -0.39 is 30.2 Å². The van der Waals surface area contributed by atoms with Crippen molar-refractivity contribution in [2.75, 3.05) is 7.11 Å². The lowest BCUT2D eigenvalue weighted by Crippen LogP contribution is -2.36. The monoisotopic (exact) mass is 440 g/mol. The third-order valence-corrected chi connectivity index (χ3v) is 4.72. The zero-order valence-corrected chi connectivity index (χ0v) is 17.3. The van der Waals surface area contributed by atoms with Gasteiger partial charge < -0.3 is 29.8 Å². The van der Waals surface area contributed by atoms with Crippen molar-refractivity contribution in [2.24, 2.45) is 5.16 Å². The number of nitrogens with zero attached hydrogens (tertiary/aromatic N) is 1. The highest BCUT2D eigenvalue weighted by molar-refractivity contribution is 5.96. The minimum atomic E-state index is -1.10. The molecule has 0 spiro atoms. The van der Waals surface area contributed by atoms with Crippen molar-refractivity contribution in [3.8, 4) is 5.75 Å². The minimum Gasteiger partial charge on any atom is -0.507 e. The number of hydrogen-bond acceptors (Lipinski definition) is 8.